The highest BCUT2D eigenvalue weighted by atomic mass is 16.2. The van der Waals surface area contributed by atoms with E-state index in [0.29, 0.717) is 24.0 Å². The van der Waals surface area contributed by atoms with Crippen molar-refractivity contribution in [2.45, 2.75) is 59.8 Å². The molecule has 0 bridgehead atoms. The second kappa shape index (κ2) is 10.8. The van der Waals surface area contributed by atoms with Gasteiger partial charge in [-0.2, -0.15) is 5.10 Å². The van der Waals surface area contributed by atoms with E-state index in [-0.39, 0.29) is 23.9 Å². The van der Waals surface area contributed by atoms with Gasteiger partial charge in [0, 0.05) is 23.7 Å². The van der Waals surface area contributed by atoms with Gasteiger partial charge in [-0.05, 0) is 55.2 Å². The van der Waals surface area contributed by atoms with Gasteiger partial charge in [-0.15, -0.1) is 0 Å². The first-order valence-electron chi connectivity index (χ1n) is 12.1. The van der Waals surface area contributed by atoms with Crippen LogP contribution >= 0.6 is 0 Å². The number of urea groups is 1. The Hall–Kier alpha value is -3.61. The zero-order chi connectivity index (χ0) is 25.8. The second-order valence-electron chi connectivity index (χ2n) is 10.2. The molecule has 7 heteroatoms. The summed E-state index contributed by atoms with van der Waals surface area (Å²) in [5, 5.41) is 10.6. The summed E-state index contributed by atoms with van der Waals surface area (Å²) < 4.78 is 1.75. The first-order chi connectivity index (χ1) is 16.5. The van der Waals surface area contributed by atoms with E-state index in [1.54, 1.807) is 4.68 Å². The first kappa shape index (κ1) is 26.0. The minimum Gasteiger partial charge on any atom is -0.315 e. The molecular formula is C28H37N5O2. The Morgan fingerprint density at radius 3 is 2.29 bits per heavy atom. The number of amides is 3. The third-order valence-corrected chi connectivity index (χ3v) is 5.82. The molecule has 0 aliphatic heterocycles. The highest BCUT2D eigenvalue weighted by Gasteiger charge is 2.23. The Balaban J connectivity index is 1.74. The van der Waals surface area contributed by atoms with Crippen LogP contribution in [0.3, 0.4) is 0 Å². The van der Waals surface area contributed by atoms with E-state index < -0.39 is 0 Å². The van der Waals surface area contributed by atoms with Crippen LogP contribution in [0.5, 0.6) is 0 Å². The molecule has 0 aliphatic carbocycles. The van der Waals surface area contributed by atoms with Crippen molar-refractivity contribution in [1.82, 2.24) is 14.7 Å². The van der Waals surface area contributed by atoms with Crippen LogP contribution < -0.4 is 10.6 Å². The molecule has 7 nitrogen and oxygen atoms in total. The molecule has 0 spiro atoms. The molecule has 0 saturated heterocycles. The van der Waals surface area contributed by atoms with E-state index in [0.717, 1.165) is 16.9 Å². The molecule has 2 N–H and O–H groups in total. The molecule has 1 aromatic heterocycles. The summed E-state index contributed by atoms with van der Waals surface area (Å²) in [6, 6.07) is 17.3. The van der Waals surface area contributed by atoms with Crippen LogP contribution in [0.2, 0.25) is 0 Å². The number of likely N-dealkylation sites (N-methyl/N-ethyl adjacent to an activating group) is 1. The Bertz CT molecular complexity index is 1170. The zero-order valence-electron chi connectivity index (χ0n) is 21.8. The maximum absolute atomic E-state index is 13.0. The maximum Gasteiger partial charge on any atom is 0.322 e. The molecule has 0 radical (unpaired) electrons. The van der Waals surface area contributed by atoms with Crippen molar-refractivity contribution in [3.05, 3.63) is 71.4 Å². The fourth-order valence-corrected chi connectivity index (χ4v) is 3.63. The third kappa shape index (κ3) is 6.72. The monoisotopic (exact) mass is 475 g/mol. The second-order valence-corrected chi connectivity index (χ2v) is 10.2. The van der Waals surface area contributed by atoms with Crippen LogP contribution in [0, 0.1) is 6.92 Å². The van der Waals surface area contributed by atoms with Gasteiger partial charge in [-0.1, -0.05) is 58.9 Å². The number of hydrogen-bond acceptors (Lipinski definition) is 3. The molecular weight excluding hydrogens is 438 g/mol. The van der Waals surface area contributed by atoms with Crippen molar-refractivity contribution in [3.8, 4) is 5.69 Å². The van der Waals surface area contributed by atoms with Crippen molar-refractivity contribution in [2.24, 2.45) is 0 Å². The van der Waals surface area contributed by atoms with E-state index in [1.165, 1.54) is 10.5 Å². The molecule has 3 aromatic rings. The summed E-state index contributed by atoms with van der Waals surface area (Å²) in [4.78, 5) is 27.3. The van der Waals surface area contributed by atoms with Gasteiger partial charge < -0.3 is 15.5 Å². The lowest BCUT2D eigenvalue weighted by atomic mass is 9.92. The first-order valence-corrected chi connectivity index (χ1v) is 12.1. The molecule has 0 aliphatic rings. The number of hydrogen-bond donors (Lipinski definition) is 2. The van der Waals surface area contributed by atoms with Crippen LogP contribution in [0.1, 0.15) is 64.3 Å². The van der Waals surface area contributed by atoms with Gasteiger partial charge in [0.05, 0.1) is 11.4 Å². The largest absolute Gasteiger partial charge is 0.322 e. The number of carbonyl (C=O) groups is 2. The summed E-state index contributed by atoms with van der Waals surface area (Å²) in [5.41, 5.74) is 4.55. The van der Waals surface area contributed by atoms with Gasteiger partial charge >= 0.3 is 6.03 Å². The number of nitrogens with one attached hydrogen (secondary N) is 2. The molecule has 35 heavy (non-hydrogen) atoms. The summed E-state index contributed by atoms with van der Waals surface area (Å²) in [7, 11) is 0. The molecule has 3 amide bonds. The molecule has 0 fully saturated rings. The molecule has 3 rings (SSSR count). The van der Waals surface area contributed by atoms with Crippen molar-refractivity contribution in [2.75, 3.05) is 23.7 Å². The van der Waals surface area contributed by atoms with E-state index in [1.807, 2.05) is 68.4 Å². The molecule has 186 valence electrons. The molecule has 1 heterocycles. The number of rotatable bonds is 7. The van der Waals surface area contributed by atoms with Crippen LogP contribution in [0.4, 0.5) is 16.3 Å². The highest BCUT2D eigenvalue weighted by Crippen LogP contribution is 2.26. The number of benzene rings is 2. The highest BCUT2D eigenvalue weighted by molar-refractivity contribution is 5.96. The fraction of sp³-hybridized carbons (Fsp3) is 0.393. The van der Waals surface area contributed by atoms with Gasteiger partial charge in [0.1, 0.15) is 12.4 Å². The van der Waals surface area contributed by atoms with E-state index in [2.05, 4.69) is 45.3 Å². The van der Waals surface area contributed by atoms with Gasteiger partial charge in [0.25, 0.3) is 0 Å². The standard InChI is InChI=1S/C28H37N5O2/c1-8-32(27(35)29-22-14-12-21(13-15-22)19(2)3)18-26(34)30-25-17-24(28(5,6)7)31-33(25)23-11-9-10-20(4)16-23/h9-17,19H,8,18H2,1-7H3,(H,29,35)(H,30,34). The Labute approximate surface area is 208 Å². The summed E-state index contributed by atoms with van der Waals surface area (Å²) in [5.74, 6) is 0.709. The van der Waals surface area contributed by atoms with Crippen molar-refractivity contribution in [1.29, 1.82) is 0 Å². The fourth-order valence-electron chi connectivity index (χ4n) is 3.63. The predicted molar refractivity (Wildman–Crippen MR) is 142 cm³/mol. The number of anilines is 2. The minimum atomic E-state index is -0.317. The average Bonchev–Trinajstić information content (AvgIpc) is 3.22. The summed E-state index contributed by atoms with van der Waals surface area (Å²) in [6.07, 6.45) is 0. The lowest BCUT2D eigenvalue weighted by Crippen LogP contribution is -2.40. The Morgan fingerprint density at radius 1 is 1.03 bits per heavy atom. The maximum atomic E-state index is 13.0. The lowest BCUT2D eigenvalue weighted by Gasteiger charge is -2.21. The number of aromatic nitrogens is 2. The lowest BCUT2D eigenvalue weighted by molar-refractivity contribution is -0.116. The van der Waals surface area contributed by atoms with Crippen molar-refractivity contribution in [3.63, 3.8) is 0 Å². The van der Waals surface area contributed by atoms with Gasteiger partial charge in [0.2, 0.25) is 5.91 Å². The average molecular weight is 476 g/mol. The van der Waals surface area contributed by atoms with Crippen LogP contribution in [0.15, 0.2) is 54.6 Å². The van der Waals surface area contributed by atoms with Crippen molar-refractivity contribution >= 4 is 23.4 Å². The normalized spacial score (nSPS) is 11.4. The van der Waals surface area contributed by atoms with E-state index in [4.69, 9.17) is 5.10 Å². The molecule has 2 aromatic carbocycles. The SMILES string of the molecule is CCN(CC(=O)Nc1cc(C(C)(C)C)nn1-c1cccc(C)c1)C(=O)Nc1ccc(C(C)C)cc1. The molecule has 0 saturated carbocycles. The third-order valence-electron chi connectivity index (χ3n) is 5.82. The number of carbonyl (C=O) groups excluding carboxylic acids is 2. The number of aryl methyl sites for hydroxylation is 1. The summed E-state index contributed by atoms with van der Waals surface area (Å²) >= 11 is 0. The van der Waals surface area contributed by atoms with Gasteiger partial charge in [0.15, 0.2) is 0 Å². The topological polar surface area (TPSA) is 79.3 Å². The van der Waals surface area contributed by atoms with Crippen LogP contribution in [-0.4, -0.2) is 39.7 Å². The molecule has 0 atom stereocenters. The van der Waals surface area contributed by atoms with E-state index >= 15 is 0 Å². The molecule has 0 unspecified atom stereocenters. The predicted octanol–water partition coefficient (Wildman–Crippen LogP) is 6.09. The smallest absolute Gasteiger partial charge is 0.315 e. The van der Waals surface area contributed by atoms with Gasteiger partial charge in [-0.25, -0.2) is 9.48 Å². The minimum absolute atomic E-state index is 0.0732. The van der Waals surface area contributed by atoms with Crippen LogP contribution in [0.25, 0.3) is 5.69 Å². The Morgan fingerprint density at radius 2 is 1.71 bits per heavy atom. The number of nitrogens with zero attached hydrogens (tertiary/aromatic N) is 3. The van der Waals surface area contributed by atoms with Gasteiger partial charge in [-0.3, -0.25) is 4.79 Å². The van der Waals surface area contributed by atoms with Crippen LogP contribution in [-0.2, 0) is 10.2 Å². The zero-order valence-corrected chi connectivity index (χ0v) is 21.8. The quantitative estimate of drug-likeness (QED) is 0.434. The summed E-state index contributed by atoms with van der Waals surface area (Å²) in [6.45, 7) is 14.7. The van der Waals surface area contributed by atoms with Crippen molar-refractivity contribution < 1.29 is 9.59 Å². The van der Waals surface area contributed by atoms with E-state index in [9.17, 15) is 9.59 Å². The Kier molecular flexibility index (Phi) is 7.99.